The Balaban J connectivity index is 1.83. The normalized spacial score (nSPS) is 16.1. The summed E-state index contributed by atoms with van der Waals surface area (Å²) >= 11 is 1.90. The van der Waals surface area contributed by atoms with Crippen molar-refractivity contribution < 1.29 is 0 Å². The molecular formula is C11H18N2S. The molecule has 1 fully saturated rings. The molecule has 1 aromatic rings. The van der Waals surface area contributed by atoms with Crippen LogP contribution in [0.2, 0.25) is 0 Å². The molecule has 78 valence electrons. The Kier molecular flexibility index (Phi) is 3.54. The minimum atomic E-state index is 0.805. The molecule has 0 unspecified atom stereocenters. The zero-order chi connectivity index (χ0) is 9.80. The summed E-state index contributed by atoms with van der Waals surface area (Å²) in [6.07, 6.45) is 7.07. The summed E-state index contributed by atoms with van der Waals surface area (Å²) in [5, 5.41) is 3.55. The Bertz CT molecular complexity index is 279. The molecule has 1 heterocycles. The minimum Gasteiger partial charge on any atom is -0.349 e. The first-order chi connectivity index (χ1) is 6.90. The Hall–Kier alpha value is -0.410. The van der Waals surface area contributed by atoms with E-state index in [-0.39, 0.29) is 0 Å². The third kappa shape index (κ3) is 2.79. The fraction of sp³-hybridized carbons (Fsp3) is 0.636. The van der Waals surface area contributed by atoms with Crippen LogP contribution in [0.1, 0.15) is 18.5 Å². The van der Waals surface area contributed by atoms with Crippen LogP contribution < -0.4 is 5.32 Å². The fourth-order valence-corrected chi connectivity index (χ4v) is 1.93. The minimum absolute atomic E-state index is 0.805. The van der Waals surface area contributed by atoms with E-state index < -0.39 is 0 Å². The summed E-state index contributed by atoms with van der Waals surface area (Å²) in [5.74, 6) is 1.20. The zero-order valence-corrected chi connectivity index (χ0v) is 9.52. The largest absolute Gasteiger partial charge is 0.349 e. The number of rotatable bonds is 6. The number of hydrogen-bond donors (Lipinski definition) is 1. The molecule has 0 spiro atoms. The summed E-state index contributed by atoms with van der Waals surface area (Å²) < 4.78 is 2.35. The quantitative estimate of drug-likeness (QED) is 0.774. The lowest BCUT2D eigenvalue weighted by atomic mass is 10.4. The first kappa shape index (κ1) is 10.1. The molecule has 14 heavy (non-hydrogen) atoms. The summed E-state index contributed by atoms with van der Waals surface area (Å²) in [7, 11) is 0. The Morgan fingerprint density at radius 3 is 3.14 bits per heavy atom. The van der Waals surface area contributed by atoms with Gasteiger partial charge in [0.15, 0.2) is 0 Å². The lowest BCUT2D eigenvalue weighted by molar-refractivity contribution is 0.628. The molecular weight excluding hydrogens is 192 g/mol. The number of hydrogen-bond acceptors (Lipinski definition) is 2. The molecule has 0 radical (unpaired) electrons. The Labute approximate surface area is 90.1 Å². The average molecular weight is 210 g/mol. The van der Waals surface area contributed by atoms with Gasteiger partial charge in [0, 0.05) is 36.8 Å². The van der Waals surface area contributed by atoms with Gasteiger partial charge in [-0.1, -0.05) is 0 Å². The van der Waals surface area contributed by atoms with Crippen LogP contribution in [0.15, 0.2) is 18.3 Å². The van der Waals surface area contributed by atoms with E-state index in [2.05, 4.69) is 34.5 Å². The molecule has 0 bridgehead atoms. The SMILES string of the molecule is CSCCn1cccc1CNC1CC1. The molecule has 0 aliphatic heterocycles. The van der Waals surface area contributed by atoms with Crippen LogP contribution in [-0.2, 0) is 13.1 Å². The van der Waals surface area contributed by atoms with Crippen LogP contribution >= 0.6 is 11.8 Å². The van der Waals surface area contributed by atoms with Crippen molar-refractivity contribution in [3.63, 3.8) is 0 Å². The van der Waals surface area contributed by atoms with Crippen molar-refractivity contribution in [1.82, 2.24) is 9.88 Å². The van der Waals surface area contributed by atoms with Gasteiger partial charge < -0.3 is 9.88 Å². The van der Waals surface area contributed by atoms with E-state index in [0.717, 1.165) is 19.1 Å². The highest BCUT2D eigenvalue weighted by molar-refractivity contribution is 7.98. The number of nitrogens with one attached hydrogen (secondary N) is 1. The van der Waals surface area contributed by atoms with Crippen molar-refractivity contribution >= 4 is 11.8 Å². The third-order valence-electron chi connectivity index (χ3n) is 2.61. The van der Waals surface area contributed by atoms with E-state index in [0.29, 0.717) is 0 Å². The van der Waals surface area contributed by atoms with Gasteiger partial charge >= 0.3 is 0 Å². The second-order valence-electron chi connectivity index (χ2n) is 3.84. The number of aromatic nitrogens is 1. The maximum Gasteiger partial charge on any atom is 0.0361 e. The van der Waals surface area contributed by atoms with Crippen molar-refractivity contribution in [3.05, 3.63) is 24.0 Å². The monoisotopic (exact) mass is 210 g/mol. The maximum absolute atomic E-state index is 3.55. The topological polar surface area (TPSA) is 17.0 Å². The van der Waals surface area contributed by atoms with Crippen molar-refractivity contribution in [2.24, 2.45) is 0 Å². The highest BCUT2D eigenvalue weighted by Gasteiger charge is 2.20. The van der Waals surface area contributed by atoms with Gasteiger partial charge in [-0.05, 0) is 31.2 Å². The Morgan fingerprint density at radius 2 is 2.43 bits per heavy atom. The Morgan fingerprint density at radius 1 is 1.57 bits per heavy atom. The van der Waals surface area contributed by atoms with Crippen LogP contribution in [0.4, 0.5) is 0 Å². The predicted molar refractivity (Wildman–Crippen MR) is 62.7 cm³/mol. The van der Waals surface area contributed by atoms with Crippen LogP contribution in [-0.4, -0.2) is 22.6 Å². The molecule has 2 nitrogen and oxygen atoms in total. The third-order valence-corrected chi connectivity index (χ3v) is 3.20. The second kappa shape index (κ2) is 4.89. The molecule has 1 N–H and O–H groups in total. The first-order valence-corrected chi connectivity index (χ1v) is 6.66. The molecule has 0 atom stereocenters. The smallest absolute Gasteiger partial charge is 0.0361 e. The van der Waals surface area contributed by atoms with Crippen molar-refractivity contribution in [2.45, 2.75) is 32.0 Å². The average Bonchev–Trinajstić information content (AvgIpc) is 2.92. The molecule has 3 heteroatoms. The standard InChI is InChI=1S/C11H18N2S/c1-14-8-7-13-6-2-3-11(13)9-12-10-4-5-10/h2-3,6,10,12H,4-5,7-9H2,1H3. The lowest BCUT2D eigenvalue weighted by Crippen LogP contribution is -2.18. The fourth-order valence-electron chi connectivity index (χ4n) is 1.55. The van der Waals surface area contributed by atoms with Gasteiger partial charge in [0.2, 0.25) is 0 Å². The van der Waals surface area contributed by atoms with Crippen LogP contribution in [0, 0.1) is 0 Å². The molecule has 2 rings (SSSR count). The molecule has 0 aromatic carbocycles. The van der Waals surface area contributed by atoms with Crippen molar-refractivity contribution in [1.29, 1.82) is 0 Å². The number of thioether (sulfide) groups is 1. The molecule has 1 aliphatic rings. The van der Waals surface area contributed by atoms with E-state index in [1.54, 1.807) is 0 Å². The summed E-state index contributed by atoms with van der Waals surface area (Å²) in [4.78, 5) is 0. The van der Waals surface area contributed by atoms with Crippen molar-refractivity contribution in [3.8, 4) is 0 Å². The summed E-state index contributed by atoms with van der Waals surface area (Å²) in [6.45, 7) is 2.17. The lowest BCUT2D eigenvalue weighted by Gasteiger charge is -2.08. The number of nitrogens with zero attached hydrogens (tertiary/aromatic N) is 1. The van der Waals surface area contributed by atoms with Gasteiger partial charge in [-0.3, -0.25) is 0 Å². The maximum atomic E-state index is 3.55. The highest BCUT2D eigenvalue weighted by Crippen LogP contribution is 2.19. The molecule has 0 amide bonds. The van der Waals surface area contributed by atoms with E-state index >= 15 is 0 Å². The molecule has 1 aromatic heterocycles. The van der Waals surface area contributed by atoms with Gasteiger partial charge in [-0.15, -0.1) is 0 Å². The van der Waals surface area contributed by atoms with Gasteiger partial charge in [-0.2, -0.15) is 11.8 Å². The van der Waals surface area contributed by atoms with Crippen LogP contribution in [0.5, 0.6) is 0 Å². The predicted octanol–water partition coefficient (Wildman–Crippen LogP) is 2.10. The van der Waals surface area contributed by atoms with E-state index in [1.165, 1.54) is 24.3 Å². The van der Waals surface area contributed by atoms with Crippen LogP contribution in [0.25, 0.3) is 0 Å². The molecule has 1 saturated carbocycles. The van der Waals surface area contributed by atoms with Gasteiger partial charge in [0.25, 0.3) is 0 Å². The second-order valence-corrected chi connectivity index (χ2v) is 4.83. The molecule has 1 aliphatic carbocycles. The van der Waals surface area contributed by atoms with Gasteiger partial charge in [0.05, 0.1) is 0 Å². The van der Waals surface area contributed by atoms with E-state index in [4.69, 9.17) is 0 Å². The first-order valence-electron chi connectivity index (χ1n) is 5.26. The highest BCUT2D eigenvalue weighted by atomic mass is 32.2. The molecule has 0 saturated heterocycles. The van der Waals surface area contributed by atoms with E-state index in [9.17, 15) is 0 Å². The van der Waals surface area contributed by atoms with Gasteiger partial charge in [-0.25, -0.2) is 0 Å². The summed E-state index contributed by atoms with van der Waals surface area (Å²) in [5.41, 5.74) is 1.42. The summed E-state index contributed by atoms with van der Waals surface area (Å²) in [6, 6.07) is 5.17. The zero-order valence-electron chi connectivity index (χ0n) is 8.70. The van der Waals surface area contributed by atoms with Crippen LogP contribution in [0.3, 0.4) is 0 Å². The van der Waals surface area contributed by atoms with E-state index in [1.807, 2.05) is 11.8 Å². The number of aryl methyl sites for hydroxylation is 1. The van der Waals surface area contributed by atoms with Gasteiger partial charge in [0.1, 0.15) is 0 Å². The van der Waals surface area contributed by atoms with Crippen molar-refractivity contribution in [2.75, 3.05) is 12.0 Å².